The van der Waals surface area contributed by atoms with Gasteiger partial charge in [0.25, 0.3) is 0 Å². The van der Waals surface area contributed by atoms with Crippen molar-refractivity contribution in [1.29, 1.82) is 0 Å². The summed E-state index contributed by atoms with van der Waals surface area (Å²) in [7, 11) is 0. The van der Waals surface area contributed by atoms with Crippen LogP contribution in [0.2, 0.25) is 0 Å². The Morgan fingerprint density at radius 2 is 1.45 bits per heavy atom. The van der Waals surface area contributed by atoms with Crippen molar-refractivity contribution in [2.45, 2.75) is 12.8 Å². The van der Waals surface area contributed by atoms with E-state index in [1.807, 2.05) is 0 Å². The summed E-state index contributed by atoms with van der Waals surface area (Å²) < 4.78 is 4.98. The number of ether oxygens (including phenoxy) is 1. The van der Waals surface area contributed by atoms with E-state index >= 15 is 0 Å². The topological polar surface area (TPSA) is 52.3 Å². The summed E-state index contributed by atoms with van der Waals surface area (Å²) in [5.74, 6) is -0.380. The maximum absolute atomic E-state index is 11.0. The van der Waals surface area contributed by atoms with E-state index in [1.165, 1.54) is 22.8 Å². The molecule has 114 valence electrons. The van der Waals surface area contributed by atoms with Gasteiger partial charge in [-0.25, -0.2) is 4.79 Å². The van der Waals surface area contributed by atoms with Crippen molar-refractivity contribution in [2.75, 3.05) is 13.2 Å². The molecule has 0 radical (unpaired) electrons. The van der Waals surface area contributed by atoms with Crippen LogP contribution in [0, 0.1) is 0 Å². The Morgan fingerprint density at radius 3 is 1.91 bits per heavy atom. The molecule has 0 aliphatic carbocycles. The highest BCUT2D eigenvalue weighted by Crippen LogP contribution is 2.20. The van der Waals surface area contributed by atoms with Gasteiger partial charge < -0.3 is 10.5 Å². The third-order valence-corrected chi connectivity index (χ3v) is 3.48. The van der Waals surface area contributed by atoms with Crippen LogP contribution in [0.25, 0.3) is 11.1 Å². The van der Waals surface area contributed by atoms with Crippen LogP contribution < -0.4 is 5.73 Å². The number of hydrogen-bond donors (Lipinski definition) is 1. The maximum Gasteiger partial charge on any atom is 0.330 e. The van der Waals surface area contributed by atoms with Gasteiger partial charge in [0, 0.05) is 12.5 Å². The summed E-state index contributed by atoms with van der Waals surface area (Å²) in [6, 6.07) is 16.8. The molecule has 0 saturated carbocycles. The SMILES string of the molecule is C=CC(=O)OCCc1ccc(-c2ccc(CCN)cc2)cc1. The molecule has 0 atom stereocenters. The molecule has 0 saturated heterocycles. The molecule has 2 rings (SSSR count). The number of rotatable bonds is 7. The molecule has 22 heavy (non-hydrogen) atoms. The lowest BCUT2D eigenvalue weighted by molar-refractivity contribution is -0.137. The zero-order valence-corrected chi connectivity index (χ0v) is 12.6. The van der Waals surface area contributed by atoms with Crippen molar-refractivity contribution < 1.29 is 9.53 Å². The molecule has 0 spiro atoms. The second-order valence-corrected chi connectivity index (χ2v) is 5.05. The maximum atomic E-state index is 11.0. The molecule has 0 aliphatic heterocycles. The van der Waals surface area contributed by atoms with Crippen LogP contribution in [-0.2, 0) is 22.4 Å². The lowest BCUT2D eigenvalue weighted by atomic mass is 10.0. The summed E-state index contributed by atoms with van der Waals surface area (Å²) in [5, 5.41) is 0. The fraction of sp³-hybridized carbons (Fsp3) is 0.211. The summed E-state index contributed by atoms with van der Waals surface area (Å²) in [5.41, 5.74) is 10.3. The average Bonchev–Trinajstić information content (AvgIpc) is 2.56. The highest BCUT2D eigenvalue weighted by Gasteiger charge is 2.01. The Hall–Kier alpha value is -2.39. The van der Waals surface area contributed by atoms with Crippen molar-refractivity contribution >= 4 is 5.97 Å². The van der Waals surface area contributed by atoms with Gasteiger partial charge in [-0.2, -0.15) is 0 Å². The molecule has 0 unspecified atom stereocenters. The van der Waals surface area contributed by atoms with Crippen molar-refractivity contribution in [2.24, 2.45) is 5.73 Å². The predicted molar refractivity (Wildman–Crippen MR) is 89.5 cm³/mol. The van der Waals surface area contributed by atoms with Gasteiger partial charge in [0.15, 0.2) is 0 Å². The highest BCUT2D eigenvalue weighted by atomic mass is 16.5. The van der Waals surface area contributed by atoms with E-state index in [9.17, 15) is 4.79 Å². The number of esters is 1. The van der Waals surface area contributed by atoms with Gasteiger partial charge in [-0.3, -0.25) is 0 Å². The zero-order valence-electron chi connectivity index (χ0n) is 12.6. The molecule has 0 heterocycles. The lowest BCUT2D eigenvalue weighted by Crippen LogP contribution is -2.04. The van der Waals surface area contributed by atoms with E-state index in [0.29, 0.717) is 19.6 Å². The number of hydrogen-bond acceptors (Lipinski definition) is 3. The van der Waals surface area contributed by atoms with Crippen LogP contribution in [0.1, 0.15) is 11.1 Å². The first kappa shape index (κ1) is 16.0. The van der Waals surface area contributed by atoms with Crippen LogP contribution in [0.15, 0.2) is 61.2 Å². The molecule has 2 aromatic rings. The van der Waals surface area contributed by atoms with Crippen LogP contribution in [0.5, 0.6) is 0 Å². The van der Waals surface area contributed by atoms with E-state index in [4.69, 9.17) is 10.5 Å². The van der Waals surface area contributed by atoms with Crippen molar-refractivity contribution in [3.05, 3.63) is 72.3 Å². The van der Waals surface area contributed by atoms with E-state index in [2.05, 4.69) is 55.1 Å². The average molecular weight is 295 g/mol. The Bertz CT molecular complexity index is 615. The Kier molecular flexibility index (Phi) is 5.92. The minimum Gasteiger partial charge on any atom is -0.462 e. The summed E-state index contributed by atoms with van der Waals surface area (Å²) in [6.07, 6.45) is 2.79. The second-order valence-electron chi connectivity index (χ2n) is 5.05. The van der Waals surface area contributed by atoms with Crippen LogP contribution in [-0.4, -0.2) is 19.1 Å². The van der Waals surface area contributed by atoms with Gasteiger partial charge in [0.1, 0.15) is 0 Å². The predicted octanol–water partition coefficient (Wildman–Crippen LogP) is 3.13. The first-order chi connectivity index (χ1) is 10.7. The lowest BCUT2D eigenvalue weighted by Gasteiger charge is -2.06. The first-order valence-electron chi connectivity index (χ1n) is 7.40. The molecule has 0 aromatic heterocycles. The highest BCUT2D eigenvalue weighted by molar-refractivity contribution is 5.81. The van der Waals surface area contributed by atoms with Crippen LogP contribution in [0.3, 0.4) is 0 Å². The van der Waals surface area contributed by atoms with Gasteiger partial charge in [-0.1, -0.05) is 55.1 Å². The first-order valence-corrected chi connectivity index (χ1v) is 7.40. The smallest absolute Gasteiger partial charge is 0.330 e. The van der Waals surface area contributed by atoms with E-state index in [-0.39, 0.29) is 5.97 Å². The fourth-order valence-corrected chi connectivity index (χ4v) is 2.22. The van der Waals surface area contributed by atoms with Crippen molar-refractivity contribution in [3.63, 3.8) is 0 Å². The van der Waals surface area contributed by atoms with Gasteiger partial charge in [-0.15, -0.1) is 0 Å². The molecular weight excluding hydrogens is 274 g/mol. The molecule has 0 bridgehead atoms. The molecule has 0 amide bonds. The van der Waals surface area contributed by atoms with E-state index in [1.54, 1.807) is 0 Å². The zero-order chi connectivity index (χ0) is 15.8. The van der Waals surface area contributed by atoms with Crippen LogP contribution >= 0.6 is 0 Å². The molecule has 2 N–H and O–H groups in total. The summed E-state index contributed by atoms with van der Waals surface area (Å²) in [6.45, 7) is 4.41. The Morgan fingerprint density at radius 1 is 0.955 bits per heavy atom. The van der Waals surface area contributed by atoms with Gasteiger partial charge in [0.2, 0.25) is 0 Å². The molecular formula is C19H21NO2. The molecule has 3 nitrogen and oxygen atoms in total. The molecule has 3 heteroatoms. The van der Waals surface area contributed by atoms with Crippen molar-refractivity contribution in [1.82, 2.24) is 0 Å². The Labute approximate surface area is 131 Å². The van der Waals surface area contributed by atoms with Gasteiger partial charge in [0.05, 0.1) is 6.61 Å². The van der Waals surface area contributed by atoms with E-state index in [0.717, 1.165) is 12.0 Å². The third kappa shape index (κ3) is 4.57. The largest absolute Gasteiger partial charge is 0.462 e. The minimum absolute atomic E-state index is 0.373. The monoisotopic (exact) mass is 295 g/mol. The second kappa shape index (κ2) is 8.15. The van der Waals surface area contributed by atoms with E-state index < -0.39 is 0 Å². The standard InChI is InChI=1S/C19H21NO2/c1-2-19(21)22-14-12-16-5-9-18(10-6-16)17-7-3-15(4-8-17)11-13-20/h2-10H,1,11-14,20H2. The number of carbonyl (C=O) groups is 1. The molecule has 2 aromatic carbocycles. The third-order valence-electron chi connectivity index (χ3n) is 3.48. The Balaban J connectivity index is 1.96. The number of nitrogens with two attached hydrogens (primary N) is 1. The van der Waals surface area contributed by atoms with Crippen LogP contribution in [0.4, 0.5) is 0 Å². The summed E-state index contributed by atoms with van der Waals surface area (Å²) >= 11 is 0. The summed E-state index contributed by atoms with van der Waals surface area (Å²) in [4.78, 5) is 11.0. The quantitative estimate of drug-likeness (QED) is 0.630. The number of carbonyl (C=O) groups excluding carboxylic acids is 1. The van der Waals surface area contributed by atoms with Crippen molar-refractivity contribution in [3.8, 4) is 11.1 Å². The van der Waals surface area contributed by atoms with Gasteiger partial charge >= 0.3 is 5.97 Å². The minimum atomic E-state index is -0.380. The fourth-order valence-electron chi connectivity index (χ4n) is 2.22. The molecule has 0 aliphatic rings. The molecule has 0 fully saturated rings. The number of benzene rings is 2. The van der Waals surface area contributed by atoms with Gasteiger partial charge in [-0.05, 0) is 35.2 Å². The normalized spacial score (nSPS) is 10.2.